The number of fused-ring (bicyclic) bond motifs is 1. The summed E-state index contributed by atoms with van der Waals surface area (Å²) in [6, 6.07) is 16.1. The summed E-state index contributed by atoms with van der Waals surface area (Å²) in [6.07, 6.45) is 4.16. The lowest BCUT2D eigenvalue weighted by Crippen LogP contribution is -2.19. The summed E-state index contributed by atoms with van der Waals surface area (Å²) < 4.78 is 1.05. The van der Waals surface area contributed by atoms with Crippen LogP contribution in [0.1, 0.15) is 17.0 Å². The van der Waals surface area contributed by atoms with Gasteiger partial charge in [0, 0.05) is 27.8 Å². The molecule has 5 heteroatoms. The smallest absolute Gasteiger partial charge is 0.138 e. The highest BCUT2D eigenvalue weighted by Crippen LogP contribution is 2.26. The number of hydrogen-bond acceptors (Lipinski definition) is 2. The normalized spacial score (nSPS) is 13.2. The predicted molar refractivity (Wildman–Crippen MR) is 101 cm³/mol. The molecule has 0 saturated carbocycles. The third-order valence-corrected chi connectivity index (χ3v) is 4.76. The number of nitrogens with one attached hydrogen (secondary N) is 1. The molecule has 1 aliphatic heterocycles. The highest BCUT2D eigenvalue weighted by molar-refractivity contribution is 9.10. The Morgan fingerprint density at radius 2 is 2.00 bits per heavy atom. The molecular weight excluding hydrogens is 386 g/mol. The van der Waals surface area contributed by atoms with Gasteiger partial charge in [-0.05, 0) is 35.9 Å². The number of halogens is 2. The van der Waals surface area contributed by atoms with E-state index in [-0.39, 0.29) is 0 Å². The Hall–Kier alpha value is -2.04. The molecule has 0 bridgehead atoms. The average molecular weight is 401 g/mol. The molecule has 0 atom stereocenters. The van der Waals surface area contributed by atoms with Crippen molar-refractivity contribution in [1.82, 2.24) is 14.9 Å². The summed E-state index contributed by atoms with van der Waals surface area (Å²) >= 11 is 9.46. The van der Waals surface area contributed by atoms with Crippen LogP contribution in [0.5, 0.6) is 0 Å². The molecule has 2 aromatic carbocycles. The largest absolute Gasteiger partial charge is 0.367 e. The maximum absolute atomic E-state index is 5.95. The fourth-order valence-corrected chi connectivity index (χ4v) is 3.34. The van der Waals surface area contributed by atoms with Gasteiger partial charge in [0.25, 0.3) is 0 Å². The van der Waals surface area contributed by atoms with E-state index in [1.807, 2.05) is 24.3 Å². The first-order valence-corrected chi connectivity index (χ1v) is 8.86. The fourth-order valence-electron chi connectivity index (χ4n) is 2.82. The van der Waals surface area contributed by atoms with Gasteiger partial charge in [-0.3, -0.25) is 0 Å². The van der Waals surface area contributed by atoms with Crippen LogP contribution >= 0.6 is 27.5 Å². The van der Waals surface area contributed by atoms with Crippen LogP contribution in [0.25, 0.3) is 17.5 Å². The summed E-state index contributed by atoms with van der Waals surface area (Å²) in [7, 11) is 0. The number of aromatic amines is 1. The van der Waals surface area contributed by atoms with Gasteiger partial charge in [-0.1, -0.05) is 51.8 Å². The molecule has 0 unspecified atom stereocenters. The van der Waals surface area contributed by atoms with E-state index in [9.17, 15) is 0 Å². The minimum Gasteiger partial charge on any atom is -0.367 e. The van der Waals surface area contributed by atoms with E-state index in [4.69, 9.17) is 16.6 Å². The highest BCUT2D eigenvalue weighted by Gasteiger charge is 2.16. The van der Waals surface area contributed by atoms with E-state index in [0.717, 1.165) is 45.4 Å². The predicted octanol–water partition coefficient (Wildman–Crippen LogP) is 5.48. The molecule has 0 aliphatic carbocycles. The van der Waals surface area contributed by atoms with Gasteiger partial charge in [0.1, 0.15) is 5.82 Å². The van der Waals surface area contributed by atoms with E-state index >= 15 is 0 Å². The Bertz CT molecular complexity index is 899. The van der Waals surface area contributed by atoms with Crippen LogP contribution in [-0.4, -0.2) is 14.9 Å². The Morgan fingerprint density at radius 1 is 1.17 bits per heavy atom. The first-order chi connectivity index (χ1) is 11.7. The first-order valence-electron chi connectivity index (χ1n) is 7.69. The molecule has 3 nitrogen and oxygen atoms in total. The number of hydrogen-bond donors (Lipinski definition) is 1. The van der Waals surface area contributed by atoms with Gasteiger partial charge < -0.3 is 9.88 Å². The number of aromatic nitrogens is 2. The van der Waals surface area contributed by atoms with Crippen LogP contribution in [0, 0.1) is 0 Å². The lowest BCUT2D eigenvalue weighted by Gasteiger charge is -2.23. The quantitative estimate of drug-likeness (QED) is 0.631. The second-order valence-corrected chi connectivity index (χ2v) is 7.16. The highest BCUT2D eigenvalue weighted by atomic mass is 79.9. The SMILES string of the molecule is Clc1ccc(CN2C=Cc3nc(-c4cccc(Br)c4)[nH]c3C2)cc1. The number of benzene rings is 2. The summed E-state index contributed by atoms with van der Waals surface area (Å²) in [6.45, 7) is 1.66. The molecule has 2 heterocycles. The van der Waals surface area contributed by atoms with Crippen LogP contribution in [0.2, 0.25) is 5.02 Å². The second-order valence-electron chi connectivity index (χ2n) is 5.81. The molecule has 3 aromatic rings. The third-order valence-electron chi connectivity index (χ3n) is 4.01. The van der Waals surface area contributed by atoms with Crippen LogP contribution < -0.4 is 0 Å². The number of rotatable bonds is 3. The molecular formula is C19H15BrClN3. The van der Waals surface area contributed by atoms with Gasteiger partial charge in [0.2, 0.25) is 0 Å². The van der Waals surface area contributed by atoms with Crippen LogP contribution in [-0.2, 0) is 13.1 Å². The molecule has 1 N–H and O–H groups in total. The van der Waals surface area contributed by atoms with Crippen molar-refractivity contribution >= 4 is 33.6 Å². The molecule has 0 spiro atoms. The Kier molecular flexibility index (Phi) is 4.17. The average Bonchev–Trinajstić information content (AvgIpc) is 3.00. The van der Waals surface area contributed by atoms with Crippen LogP contribution in [0.3, 0.4) is 0 Å². The van der Waals surface area contributed by atoms with Gasteiger partial charge >= 0.3 is 0 Å². The van der Waals surface area contributed by atoms with Crippen LogP contribution in [0.4, 0.5) is 0 Å². The Balaban J connectivity index is 1.54. The topological polar surface area (TPSA) is 31.9 Å². The van der Waals surface area contributed by atoms with E-state index < -0.39 is 0 Å². The molecule has 120 valence electrons. The maximum atomic E-state index is 5.95. The second kappa shape index (κ2) is 6.46. The van der Waals surface area contributed by atoms with Crippen molar-refractivity contribution in [3.8, 4) is 11.4 Å². The number of nitrogens with zero attached hydrogens (tertiary/aromatic N) is 2. The minimum absolute atomic E-state index is 0.766. The minimum atomic E-state index is 0.766. The van der Waals surface area contributed by atoms with Gasteiger partial charge in [-0.25, -0.2) is 4.98 Å². The standard InChI is InChI=1S/C19H15BrClN3/c20-15-3-1-2-14(10-15)19-22-17-8-9-24(12-18(17)23-19)11-13-4-6-16(21)7-5-13/h1-10H,11-12H2,(H,22,23). The van der Waals surface area contributed by atoms with Gasteiger partial charge in [-0.15, -0.1) is 0 Å². The third kappa shape index (κ3) is 3.25. The van der Waals surface area contributed by atoms with Crippen molar-refractivity contribution in [3.63, 3.8) is 0 Å². The molecule has 1 aromatic heterocycles. The monoisotopic (exact) mass is 399 g/mol. The molecule has 0 saturated heterocycles. The molecule has 24 heavy (non-hydrogen) atoms. The molecule has 0 radical (unpaired) electrons. The summed E-state index contributed by atoms with van der Waals surface area (Å²) in [4.78, 5) is 10.4. The van der Waals surface area contributed by atoms with Crippen molar-refractivity contribution in [2.45, 2.75) is 13.1 Å². The zero-order chi connectivity index (χ0) is 16.5. The Morgan fingerprint density at radius 3 is 2.79 bits per heavy atom. The molecule has 0 amide bonds. The van der Waals surface area contributed by atoms with Gasteiger partial charge in [-0.2, -0.15) is 0 Å². The van der Waals surface area contributed by atoms with Crippen molar-refractivity contribution < 1.29 is 0 Å². The van der Waals surface area contributed by atoms with Crippen molar-refractivity contribution in [2.24, 2.45) is 0 Å². The summed E-state index contributed by atoms with van der Waals surface area (Å²) in [5.41, 5.74) is 4.47. The molecule has 1 aliphatic rings. The van der Waals surface area contributed by atoms with Crippen LogP contribution in [0.15, 0.2) is 59.2 Å². The first kappa shape index (κ1) is 15.5. The van der Waals surface area contributed by atoms with Gasteiger partial charge in [0.15, 0.2) is 0 Å². The summed E-state index contributed by atoms with van der Waals surface area (Å²) in [5.74, 6) is 0.902. The zero-order valence-electron chi connectivity index (χ0n) is 12.8. The lowest BCUT2D eigenvalue weighted by atomic mass is 10.2. The number of imidazole rings is 1. The van der Waals surface area contributed by atoms with E-state index in [0.29, 0.717) is 0 Å². The Labute approximate surface area is 154 Å². The molecule has 4 rings (SSSR count). The fraction of sp³-hybridized carbons (Fsp3) is 0.105. The van der Waals surface area contributed by atoms with E-state index in [1.54, 1.807) is 0 Å². The molecule has 0 fully saturated rings. The van der Waals surface area contributed by atoms with Crippen molar-refractivity contribution in [1.29, 1.82) is 0 Å². The van der Waals surface area contributed by atoms with E-state index in [1.165, 1.54) is 5.56 Å². The zero-order valence-corrected chi connectivity index (χ0v) is 15.2. The van der Waals surface area contributed by atoms with Crippen molar-refractivity contribution in [3.05, 3.63) is 81.2 Å². The van der Waals surface area contributed by atoms with Crippen molar-refractivity contribution in [2.75, 3.05) is 0 Å². The maximum Gasteiger partial charge on any atom is 0.138 e. The number of H-pyrrole nitrogens is 1. The summed E-state index contributed by atoms with van der Waals surface area (Å²) in [5, 5.41) is 0.766. The lowest BCUT2D eigenvalue weighted by molar-refractivity contribution is 0.355. The van der Waals surface area contributed by atoms with E-state index in [2.05, 4.69) is 62.4 Å². The van der Waals surface area contributed by atoms with Gasteiger partial charge in [0.05, 0.1) is 17.9 Å².